The van der Waals surface area contributed by atoms with Crippen LogP contribution in [0, 0.1) is 5.82 Å². The number of nitrogens with zero attached hydrogens (tertiary/aromatic N) is 6. The number of carbonyl (C=O) groups excluding carboxylic acids is 2. The molecule has 0 unspecified atom stereocenters. The molecule has 3 aliphatic rings. The number of benzene rings is 1. The van der Waals surface area contributed by atoms with Crippen molar-refractivity contribution in [3.05, 3.63) is 42.0 Å². The normalized spacial score (nSPS) is 20.8. The SMILES string of the molecule is C=CC(=O)N1CCN2c3c4c(nc5c(F)c(-c6cnn(C)c6)c(Cl)cc35)O[C@H](CO)CN4C(=O)[C@H]2C1. The van der Waals surface area contributed by atoms with Gasteiger partial charge in [0.2, 0.25) is 11.8 Å². The van der Waals surface area contributed by atoms with Crippen LogP contribution in [0.3, 0.4) is 0 Å². The van der Waals surface area contributed by atoms with E-state index in [2.05, 4.69) is 16.7 Å². The topological polar surface area (TPSA) is 104 Å². The van der Waals surface area contributed by atoms with Gasteiger partial charge >= 0.3 is 0 Å². The van der Waals surface area contributed by atoms with E-state index in [1.165, 1.54) is 17.2 Å². The summed E-state index contributed by atoms with van der Waals surface area (Å²) in [5.41, 5.74) is 1.67. The molecule has 1 aromatic carbocycles. The molecule has 12 heteroatoms. The van der Waals surface area contributed by atoms with Crippen LogP contribution in [0.2, 0.25) is 5.02 Å². The molecule has 5 heterocycles. The highest BCUT2D eigenvalue weighted by Gasteiger charge is 2.47. The minimum atomic E-state index is -0.728. The number of anilines is 2. The quantitative estimate of drug-likeness (QED) is 0.533. The Morgan fingerprint density at radius 1 is 1.36 bits per heavy atom. The maximum atomic E-state index is 16.1. The molecule has 2 atom stereocenters. The molecule has 0 aliphatic carbocycles. The van der Waals surface area contributed by atoms with E-state index in [1.54, 1.807) is 28.9 Å². The fraction of sp³-hybridized carbons (Fsp3) is 0.333. The molecular formula is C24H22ClFN6O4. The van der Waals surface area contributed by atoms with Crippen LogP contribution in [0.25, 0.3) is 22.0 Å². The van der Waals surface area contributed by atoms with Crippen molar-refractivity contribution < 1.29 is 23.8 Å². The average molecular weight is 513 g/mol. The van der Waals surface area contributed by atoms with Gasteiger partial charge in [0.15, 0.2) is 5.82 Å². The van der Waals surface area contributed by atoms with Crippen LogP contribution < -0.4 is 14.5 Å². The molecule has 3 aromatic rings. The Hall–Kier alpha value is -3.70. The van der Waals surface area contributed by atoms with Gasteiger partial charge in [-0.1, -0.05) is 18.2 Å². The van der Waals surface area contributed by atoms with E-state index in [9.17, 15) is 14.7 Å². The number of aromatic nitrogens is 3. The zero-order chi connectivity index (χ0) is 25.3. The third-order valence-electron chi connectivity index (χ3n) is 6.92. The lowest BCUT2D eigenvalue weighted by atomic mass is 9.97. The predicted molar refractivity (Wildman–Crippen MR) is 131 cm³/mol. The first-order valence-electron chi connectivity index (χ1n) is 11.4. The molecular weight excluding hydrogens is 491 g/mol. The number of aliphatic hydroxyl groups excluding tert-OH is 1. The number of piperazine rings is 1. The second-order valence-electron chi connectivity index (χ2n) is 9.03. The summed E-state index contributed by atoms with van der Waals surface area (Å²) in [4.78, 5) is 35.4. The fourth-order valence-corrected chi connectivity index (χ4v) is 5.57. The van der Waals surface area contributed by atoms with Gasteiger partial charge in [-0.3, -0.25) is 14.3 Å². The molecule has 2 aromatic heterocycles. The van der Waals surface area contributed by atoms with Gasteiger partial charge in [0.1, 0.15) is 23.3 Å². The number of pyridine rings is 1. The van der Waals surface area contributed by atoms with Crippen LogP contribution in [0.4, 0.5) is 15.8 Å². The predicted octanol–water partition coefficient (Wildman–Crippen LogP) is 1.73. The summed E-state index contributed by atoms with van der Waals surface area (Å²) in [7, 11) is 1.72. The number of aryl methyl sites for hydroxylation is 1. The molecule has 2 amide bonds. The van der Waals surface area contributed by atoms with Crippen molar-refractivity contribution in [2.24, 2.45) is 7.05 Å². The molecule has 3 aliphatic heterocycles. The Morgan fingerprint density at radius 2 is 2.17 bits per heavy atom. The number of hydrogen-bond donors (Lipinski definition) is 1. The first-order valence-corrected chi connectivity index (χ1v) is 11.8. The van der Waals surface area contributed by atoms with Crippen molar-refractivity contribution in [1.29, 1.82) is 0 Å². The number of aliphatic hydroxyl groups is 1. The van der Waals surface area contributed by atoms with Gasteiger partial charge < -0.3 is 24.5 Å². The highest BCUT2D eigenvalue weighted by atomic mass is 35.5. The maximum absolute atomic E-state index is 16.1. The van der Waals surface area contributed by atoms with Gasteiger partial charge in [-0.05, 0) is 12.1 Å². The summed E-state index contributed by atoms with van der Waals surface area (Å²) in [5.74, 6) is -1.08. The summed E-state index contributed by atoms with van der Waals surface area (Å²) in [5, 5.41) is 14.5. The molecule has 0 radical (unpaired) electrons. The smallest absolute Gasteiger partial charge is 0.251 e. The molecule has 1 fully saturated rings. The highest BCUT2D eigenvalue weighted by molar-refractivity contribution is 6.34. The average Bonchev–Trinajstić information content (AvgIpc) is 3.31. The summed E-state index contributed by atoms with van der Waals surface area (Å²) in [6, 6.07) is 0.945. The number of amides is 2. The fourth-order valence-electron chi connectivity index (χ4n) is 5.27. The van der Waals surface area contributed by atoms with Gasteiger partial charge in [0, 0.05) is 42.8 Å². The molecule has 10 nitrogen and oxygen atoms in total. The van der Waals surface area contributed by atoms with Crippen molar-refractivity contribution in [3.8, 4) is 17.0 Å². The van der Waals surface area contributed by atoms with E-state index in [-0.39, 0.29) is 53.5 Å². The van der Waals surface area contributed by atoms with Crippen molar-refractivity contribution in [2.75, 3.05) is 42.6 Å². The van der Waals surface area contributed by atoms with E-state index in [0.29, 0.717) is 35.4 Å². The standard InChI is InChI=1S/C24H22ClFN6O4/c1-3-17(34)30-4-5-31-16(10-30)24(35)32-9-13(11-33)36-23-22(32)21(31)14-6-15(25)18(19(26)20(14)28-23)12-7-27-29(2)8-12/h3,6-8,13,16,33H,1,4-5,9-11H2,2H3/t13-,16+/m0/s1. The molecule has 6 rings (SSSR count). The first kappa shape index (κ1) is 22.7. The molecule has 0 bridgehead atoms. The highest BCUT2D eigenvalue weighted by Crippen LogP contribution is 2.51. The van der Waals surface area contributed by atoms with E-state index < -0.39 is 18.0 Å². The zero-order valence-corrected chi connectivity index (χ0v) is 20.1. The summed E-state index contributed by atoms with van der Waals surface area (Å²) >= 11 is 6.62. The maximum Gasteiger partial charge on any atom is 0.251 e. The number of rotatable bonds is 3. The zero-order valence-electron chi connectivity index (χ0n) is 19.3. The Kier molecular flexibility index (Phi) is 5.16. The van der Waals surface area contributed by atoms with E-state index >= 15 is 4.39 Å². The molecule has 0 saturated carbocycles. The molecule has 36 heavy (non-hydrogen) atoms. The van der Waals surface area contributed by atoms with Crippen molar-refractivity contribution in [2.45, 2.75) is 12.1 Å². The monoisotopic (exact) mass is 512 g/mol. The lowest BCUT2D eigenvalue weighted by Crippen LogP contribution is -2.65. The van der Waals surface area contributed by atoms with Crippen LogP contribution in [0.5, 0.6) is 5.88 Å². The second-order valence-corrected chi connectivity index (χ2v) is 9.44. The van der Waals surface area contributed by atoms with Crippen LogP contribution in [0.15, 0.2) is 31.1 Å². The second kappa shape index (κ2) is 8.17. The van der Waals surface area contributed by atoms with Gasteiger partial charge in [-0.25, -0.2) is 9.37 Å². The van der Waals surface area contributed by atoms with Crippen LogP contribution in [-0.2, 0) is 16.6 Å². The van der Waals surface area contributed by atoms with Crippen LogP contribution in [0.1, 0.15) is 0 Å². The van der Waals surface area contributed by atoms with E-state index in [4.69, 9.17) is 16.3 Å². The van der Waals surface area contributed by atoms with Gasteiger partial charge in [-0.15, -0.1) is 0 Å². The molecule has 1 N–H and O–H groups in total. The minimum absolute atomic E-state index is 0.0308. The van der Waals surface area contributed by atoms with Gasteiger partial charge in [0.25, 0.3) is 5.91 Å². The Balaban J connectivity index is 1.60. The van der Waals surface area contributed by atoms with Crippen molar-refractivity contribution in [1.82, 2.24) is 19.7 Å². The number of carbonyl (C=O) groups is 2. The van der Waals surface area contributed by atoms with E-state index in [1.807, 2.05) is 4.90 Å². The Morgan fingerprint density at radius 3 is 2.86 bits per heavy atom. The first-order chi connectivity index (χ1) is 17.3. The number of hydrogen-bond acceptors (Lipinski definition) is 7. The minimum Gasteiger partial charge on any atom is -0.468 e. The van der Waals surface area contributed by atoms with Crippen LogP contribution in [-0.4, -0.2) is 81.5 Å². The summed E-state index contributed by atoms with van der Waals surface area (Å²) < 4.78 is 23.5. The summed E-state index contributed by atoms with van der Waals surface area (Å²) in [6.07, 6.45) is 3.67. The number of ether oxygens (including phenoxy) is 1. The lowest BCUT2D eigenvalue weighted by Gasteiger charge is -2.50. The summed E-state index contributed by atoms with van der Waals surface area (Å²) in [6.45, 7) is 4.14. The Bertz CT molecular complexity index is 1460. The van der Waals surface area contributed by atoms with Crippen molar-refractivity contribution in [3.63, 3.8) is 0 Å². The molecule has 186 valence electrons. The number of fused-ring (bicyclic) bond motifs is 4. The van der Waals surface area contributed by atoms with E-state index in [0.717, 1.165) is 0 Å². The number of halogens is 2. The lowest BCUT2D eigenvalue weighted by molar-refractivity contribution is -0.128. The Labute approximate surface area is 210 Å². The largest absolute Gasteiger partial charge is 0.468 e. The third-order valence-corrected chi connectivity index (χ3v) is 7.22. The third kappa shape index (κ3) is 3.19. The van der Waals surface area contributed by atoms with Gasteiger partial charge in [-0.2, -0.15) is 5.10 Å². The molecule has 0 spiro atoms. The van der Waals surface area contributed by atoms with Crippen molar-refractivity contribution >= 4 is 45.7 Å². The molecule has 1 saturated heterocycles. The van der Waals surface area contributed by atoms with Gasteiger partial charge in [0.05, 0.1) is 36.6 Å². The van der Waals surface area contributed by atoms with Crippen LogP contribution >= 0.6 is 11.6 Å².